The predicted molar refractivity (Wildman–Crippen MR) is 100 cm³/mol. The molecule has 0 radical (unpaired) electrons. The predicted octanol–water partition coefficient (Wildman–Crippen LogP) is 4.23. The highest BCUT2D eigenvalue weighted by Gasteiger charge is 2.14. The molecule has 0 fully saturated rings. The molecule has 0 spiro atoms. The monoisotopic (exact) mass is 340 g/mol. The summed E-state index contributed by atoms with van der Waals surface area (Å²) in [5.74, 6) is -0.252. The molecule has 0 saturated heterocycles. The lowest BCUT2D eigenvalue weighted by Crippen LogP contribution is -2.21. The number of aryl methyl sites for hydroxylation is 3. The Morgan fingerprint density at radius 2 is 1.84 bits per heavy atom. The van der Waals surface area contributed by atoms with Crippen molar-refractivity contribution in [1.29, 1.82) is 0 Å². The number of aromatic nitrogens is 1. The Labute approximate surface area is 150 Å². The van der Waals surface area contributed by atoms with Crippen molar-refractivity contribution in [3.63, 3.8) is 0 Å². The van der Waals surface area contributed by atoms with Crippen LogP contribution in [0.5, 0.6) is 0 Å². The van der Waals surface area contributed by atoms with E-state index in [-0.39, 0.29) is 12.0 Å². The third-order valence-corrected chi connectivity index (χ3v) is 4.76. The molecule has 1 unspecified atom stereocenters. The number of esters is 1. The Morgan fingerprint density at radius 1 is 1.16 bits per heavy atom. The number of hydrogen-bond donors (Lipinski definition) is 1. The first-order valence-electron chi connectivity index (χ1n) is 8.68. The van der Waals surface area contributed by atoms with Crippen molar-refractivity contribution < 1.29 is 9.53 Å². The van der Waals surface area contributed by atoms with Gasteiger partial charge in [0.25, 0.3) is 0 Å². The molecule has 1 N–H and O–H groups in total. The van der Waals surface area contributed by atoms with Crippen molar-refractivity contribution in [3.8, 4) is 0 Å². The zero-order chi connectivity index (χ0) is 18.6. The highest BCUT2D eigenvalue weighted by molar-refractivity contribution is 5.66. The van der Waals surface area contributed by atoms with Gasteiger partial charge < -0.3 is 10.1 Å². The zero-order valence-corrected chi connectivity index (χ0v) is 16.1. The van der Waals surface area contributed by atoms with Gasteiger partial charge in [-0.25, -0.2) is 0 Å². The van der Waals surface area contributed by atoms with Crippen molar-refractivity contribution in [1.82, 2.24) is 10.3 Å². The number of nitrogens with zero attached hydrogens (tertiary/aromatic N) is 1. The van der Waals surface area contributed by atoms with Crippen LogP contribution in [0.1, 0.15) is 59.0 Å². The third kappa shape index (κ3) is 4.67. The number of carbonyl (C=O) groups is 1. The van der Waals surface area contributed by atoms with Crippen LogP contribution in [-0.2, 0) is 22.7 Å². The first kappa shape index (κ1) is 19.1. The van der Waals surface area contributed by atoms with Gasteiger partial charge in [-0.15, -0.1) is 0 Å². The maximum Gasteiger partial charge on any atom is 0.302 e. The molecule has 4 heteroatoms. The summed E-state index contributed by atoms with van der Waals surface area (Å²) in [6, 6.07) is 6.37. The molecule has 134 valence electrons. The zero-order valence-electron chi connectivity index (χ0n) is 16.1. The van der Waals surface area contributed by atoms with E-state index in [4.69, 9.17) is 4.74 Å². The molecule has 0 saturated carbocycles. The maximum absolute atomic E-state index is 11.2. The molecule has 2 aromatic rings. The lowest BCUT2D eigenvalue weighted by Gasteiger charge is -2.20. The van der Waals surface area contributed by atoms with Crippen LogP contribution in [0, 0.1) is 27.7 Å². The fourth-order valence-electron chi connectivity index (χ4n) is 3.24. The summed E-state index contributed by atoms with van der Waals surface area (Å²) >= 11 is 0. The van der Waals surface area contributed by atoms with Crippen molar-refractivity contribution in [2.45, 2.75) is 60.7 Å². The van der Waals surface area contributed by atoms with Crippen LogP contribution < -0.4 is 5.32 Å². The van der Waals surface area contributed by atoms with Crippen molar-refractivity contribution in [2.75, 3.05) is 0 Å². The Morgan fingerprint density at radius 3 is 2.48 bits per heavy atom. The third-order valence-electron chi connectivity index (χ3n) is 4.76. The quantitative estimate of drug-likeness (QED) is 0.800. The van der Waals surface area contributed by atoms with Gasteiger partial charge in [0.15, 0.2) is 0 Å². The Balaban J connectivity index is 2.20. The van der Waals surface area contributed by atoms with E-state index < -0.39 is 0 Å². The standard InChI is InChI=1S/C21H28N2O2/c1-13-8-7-9-22-21(13)17(5)23-11-19-14(2)10-15(3)20(16(19)4)12-25-18(6)24/h7-10,17,23H,11-12H2,1-6H3. The molecule has 25 heavy (non-hydrogen) atoms. The van der Waals surface area contributed by atoms with E-state index in [1.165, 1.54) is 29.2 Å². The molecule has 1 aromatic carbocycles. The number of nitrogens with one attached hydrogen (secondary N) is 1. The minimum absolute atomic E-state index is 0.165. The van der Waals surface area contributed by atoms with Crippen molar-refractivity contribution in [2.24, 2.45) is 0 Å². The molecule has 0 aliphatic rings. The molecule has 1 heterocycles. The number of benzene rings is 1. The van der Waals surface area contributed by atoms with Gasteiger partial charge in [-0.1, -0.05) is 12.1 Å². The molecule has 0 aliphatic heterocycles. The van der Waals surface area contributed by atoms with Crippen LogP contribution in [0.2, 0.25) is 0 Å². The summed E-state index contributed by atoms with van der Waals surface area (Å²) in [5.41, 5.74) is 8.22. The average Bonchev–Trinajstić information content (AvgIpc) is 2.54. The summed E-state index contributed by atoms with van der Waals surface area (Å²) in [6.45, 7) is 13.0. The number of hydrogen-bond acceptors (Lipinski definition) is 4. The van der Waals surface area contributed by atoms with Gasteiger partial charge in [-0.05, 0) is 74.1 Å². The number of carbonyl (C=O) groups excluding carboxylic acids is 1. The van der Waals surface area contributed by atoms with E-state index in [2.05, 4.69) is 57.1 Å². The lowest BCUT2D eigenvalue weighted by atomic mass is 9.93. The molecule has 1 atom stereocenters. The molecule has 0 aliphatic carbocycles. The van der Waals surface area contributed by atoms with E-state index in [9.17, 15) is 4.79 Å². The minimum Gasteiger partial charge on any atom is -0.461 e. The topological polar surface area (TPSA) is 51.2 Å². The second-order valence-corrected chi connectivity index (χ2v) is 6.68. The average molecular weight is 340 g/mol. The van der Waals surface area contributed by atoms with E-state index in [1.54, 1.807) is 0 Å². The van der Waals surface area contributed by atoms with Crippen LogP contribution in [0.15, 0.2) is 24.4 Å². The second-order valence-electron chi connectivity index (χ2n) is 6.68. The van der Waals surface area contributed by atoms with Gasteiger partial charge in [0.05, 0.1) is 5.69 Å². The van der Waals surface area contributed by atoms with Crippen LogP contribution in [0.4, 0.5) is 0 Å². The van der Waals surface area contributed by atoms with Gasteiger partial charge >= 0.3 is 5.97 Å². The fraction of sp³-hybridized carbons (Fsp3) is 0.429. The van der Waals surface area contributed by atoms with E-state index in [0.717, 1.165) is 23.4 Å². The normalized spacial score (nSPS) is 12.1. The number of pyridine rings is 1. The van der Waals surface area contributed by atoms with E-state index >= 15 is 0 Å². The SMILES string of the molecule is CC(=O)OCc1c(C)cc(C)c(CNC(C)c2ncccc2C)c1C. The largest absolute Gasteiger partial charge is 0.461 e. The Hall–Kier alpha value is -2.20. The molecule has 2 rings (SSSR count). The van der Waals surface area contributed by atoms with Gasteiger partial charge in [-0.3, -0.25) is 9.78 Å². The molecular weight excluding hydrogens is 312 g/mol. The first-order chi connectivity index (χ1) is 11.8. The number of rotatable bonds is 6. The number of ether oxygens (including phenoxy) is 1. The molecule has 0 amide bonds. The summed E-state index contributed by atoms with van der Waals surface area (Å²) in [6.07, 6.45) is 1.83. The van der Waals surface area contributed by atoms with Crippen LogP contribution in [-0.4, -0.2) is 11.0 Å². The molecule has 4 nitrogen and oxygen atoms in total. The highest BCUT2D eigenvalue weighted by atomic mass is 16.5. The summed E-state index contributed by atoms with van der Waals surface area (Å²) in [7, 11) is 0. The van der Waals surface area contributed by atoms with Gasteiger partial charge in [0, 0.05) is 25.7 Å². The van der Waals surface area contributed by atoms with Crippen molar-refractivity contribution >= 4 is 5.97 Å². The summed E-state index contributed by atoms with van der Waals surface area (Å²) < 4.78 is 5.23. The van der Waals surface area contributed by atoms with Crippen LogP contribution in [0.3, 0.4) is 0 Å². The van der Waals surface area contributed by atoms with E-state index in [0.29, 0.717) is 6.61 Å². The molecular formula is C21H28N2O2. The summed E-state index contributed by atoms with van der Waals surface area (Å²) in [4.78, 5) is 15.6. The first-order valence-corrected chi connectivity index (χ1v) is 8.68. The molecule has 1 aromatic heterocycles. The van der Waals surface area contributed by atoms with E-state index in [1.807, 2.05) is 12.3 Å². The Kier molecular flexibility index (Phi) is 6.32. The fourth-order valence-corrected chi connectivity index (χ4v) is 3.24. The lowest BCUT2D eigenvalue weighted by molar-refractivity contribution is -0.142. The smallest absolute Gasteiger partial charge is 0.302 e. The van der Waals surface area contributed by atoms with Crippen molar-refractivity contribution in [3.05, 3.63) is 63.5 Å². The van der Waals surface area contributed by atoms with Gasteiger partial charge in [0.1, 0.15) is 6.61 Å². The van der Waals surface area contributed by atoms with Gasteiger partial charge in [-0.2, -0.15) is 0 Å². The van der Waals surface area contributed by atoms with Crippen LogP contribution >= 0.6 is 0 Å². The summed E-state index contributed by atoms with van der Waals surface area (Å²) in [5, 5.41) is 3.58. The second kappa shape index (κ2) is 8.26. The van der Waals surface area contributed by atoms with Crippen LogP contribution in [0.25, 0.3) is 0 Å². The Bertz CT molecular complexity index is 769. The van der Waals surface area contributed by atoms with Gasteiger partial charge in [0.2, 0.25) is 0 Å². The highest BCUT2D eigenvalue weighted by Crippen LogP contribution is 2.24. The maximum atomic E-state index is 11.2. The minimum atomic E-state index is -0.252. The molecule has 0 bridgehead atoms.